The standard InChI is InChI=1S/C13H17FN2O/c1-9(7-8-15)16(3)12-6-4-5-11(14)13(12)10(2)17/h4-6,9-10,17H,7H2,1-3H3. The van der Waals surface area contributed by atoms with Crippen LogP contribution in [0.1, 0.15) is 31.9 Å². The zero-order valence-electron chi connectivity index (χ0n) is 10.3. The minimum absolute atomic E-state index is 0.0284. The molecule has 0 aliphatic heterocycles. The molecule has 0 heterocycles. The maximum Gasteiger partial charge on any atom is 0.131 e. The Bertz CT molecular complexity index is 426. The van der Waals surface area contributed by atoms with Crippen LogP contribution in [-0.4, -0.2) is 18.2 Å². The number of aliphatic hydroxyl groups is 1. The van der Waals surface area contributed by atoms with Gasteiger partial charge >= 0.3 is 0 Å². The maximum absolute atomic E-state index is 13.7. The Morgan fingerprint density at radius 2 is 2.12 bits per heavy atom. The van der Waals surface area contributed by atoms with Gasteiger partial charge in [0.05, 0.1) is 18.6 Å². The minimum Gasteiger partial charge on any atom is -0.389 e. The highest BCUT2D eigenvalue weighted by Gasteiger charge is 2.19. The van der Waals surface area contributed by atoms with E-state index in [1.807, 2.05) is 11.8 Å². The Hall–Kier alpha value is -1.60. The number of hydrogen-bond acceptors (Lipinski definition) is 3. The second-order valence-corrected chi connectivity index (χ2v) is 4.17. The molecular formula is C13H17FN2O. The summed E-state index contributed by atoms with van der Waals surface area (Å²) in [6.07, 6.45) is -0.519. The molecule has 0 amide bonds. The first-order chi connectivity index (χ1) is 7.99. The lowest BCUT2D eigenvalue weighted by Crippen LogP contribution is -2.29. The summed E-state index contributed by atoms with van der Waals surface area (Å²) < 4.78 is 13.7. The van der Waals surface area contributed by atoms with Crippen LogP contribution in [0.5, 0.6) is 0 Å². The predicted molar refractivity (Wildman–Crippen MR) is 65.1 cm³/mol. The van der Waals surface area contributed by atoms with Gasteiger partial charge in [0.15, 0.2) is 0 Å². The molecule has 17 heavy (non-hydrogen) atoms. The van der Waals surface area contributed by atoms with Crippen molar-refractivity contribution >= 4 is 5.69 Å². The molecular weight excluding hydrogens is 219 g/mol. The molecule has 4 heteroatoms. The van der Waals surface area contributed by atoms with Crippen molar-refractivity contribution in [3.05, 3.63) is 29.6 Å². The molecule has 0 aliphatic rings. The molecule has 2 unspecified atom stereocenters. The van der Waals surface area contributed by atoms with E-state index in [9.17, 15) is 9.50 Å². The molecule has 92 valence electrons. The van der Waals surface area contributed by atoms with Crippen molar-refractivity contribution in [1.82, 2.24) is 0 Å². The predicted octanol–water partition coefficient (Wildman–Crippen LogP) is 2.62. The summed E-state index contributed by atoms with van der Waals surface area (Å²) in [7, 11) is 1.79. The fourth-order valence-electron chi connectivity index (χ4n) is 1.75. The Morgan fingerprint density at radius 3 is 2.65 bits per heavy atom. The van der Waals surface area contributed by atoms with Crippen LogP contribution in [0, 0.1) is 17.1 Å². The van der Waals surface area contributed by atoms with E-state index in [4.69, 9.17) is 5.26 Å². The third-order valence-corrected chi connectivity index (χ3v) is 2.88. The van der Waals surface area contributed by atoms with Gasteiger partial charge in [0, 0.05) is 24.3 Å². The van der Waals surface area contributed by atoms with E-state index in [-0.39, 0.29) is 11.6 Å². The first-order valence-electron chi connectivity index (χ1n) is 5.55. The Labute approximate surface area is 101 Å². The molecule has 0 saturated heterocycles. The van der Waals surface area contributed by atoms with Gasteiger partial charge in [0.2, 0.25) is 0 Å². The molecule has 0 saturated carbocycles. The molecule has 0 spiro atoms. The fourth-order valence-corrected chi connectivity index (χ4v) is 1.75. The largest absolute Gasteiger partial charge is 0.389 e. The molecule has 0 radical (unpaired) electrons. The molecule has 1 N–H and O–H groups in total. The van der Waals surface area contributed by atoms with Gasteiger partial charge in [-0.05, 0) is 26.0 Å². The Balaban J connectivity index is 3.13. The lowest BCUT2D eigenvalue weighted by atomic mass is 10.1. The number of aliphatic hydroxyl groups excluding tert-OH is 1. The van der Waals surface area contributed by atoms with Crippen LogP contribution < -0.4 is 4.90 Å². The van der Waals surface area contributed by atoms with Gasteiger partial charge in [-0.1, -0.05) is 6.07 Å². The van der Waals surface area contributed by atoms with Gasteiger partial charge < -0.3 is 10.0 Å². The summed E-state index contributed by atoms with van der Waals surface area (Å²) in [5, 5.41) is 18.3. The topological polar surface area (TPSA) is 47.3 Å². The first kappa shape index (κ1) is 13.5. The van der Waals surface area contributed by atoms with Crippen LogP contribution in [-0.2, 0) is 0 Å². The minimum atomic E-state index is -0.872. The number of nitriles is 1. The van der Waals surface area contributed by atoms with Crippen LogP contribution in [0.15, 0.2) is 18.2 Å². The van der Waals surface area contributed by atoms with Crippen molar-refractivity contribution in [2.75, 3.05) is 11.9 Å². The second-order valence-electron chi connectivity index (χ2n) is 4.17. The number of nitrogens with zero attached hydrogens (tertiary/aromatic N) is 2. The van der Waals surface area contributed by atoms with Gasteiger partial charge in [0.25, 0.3) is 0 Å². The van der Waals surface area contributed by atoms with Crippen molar-refractivity contribution in [3.63, 3.8) is 0 Å². The van der Waals surface area contributed by atoms with Crippen molar-refractivity contribution in [2.24, 2.45) is 0 Å². The van der Waals surface area contributed by atoms with Crippen molar-refractivity contribution in [3.8, 4) is 6.07 Å². The third kappa shape index (κ3) is 2.95. The average Bonchev–Trinajstić information content (AvgIpc) is 2.27. The summed E-state index contributed by atoms with van der Waals surface area (Å²) in [6.45, 7) is 3.42. The highest BCUT2D eigenvalue weighted by molar-refractivity contribution is 5.55. The highest BCUT2D eigenvalue weighted by Crippen LogP contribution is 2.29. The number of rotatable bonds is 4. The Kier molecular flexibility index (Phi) is 4.47. The maximum atomic E-state index is 13.7. The van der Waals surface area contributed by atoms with Crippen molar-refractivity contribution in [1.29, 1.82) is 5.26 Å². The second kappa shape index (κ2) is 5.65. The zero-order valence-corrected chi connectivity index (χ0v) is 10.3. The van der Waals surface area contributed by atoms with Crippen LogP contribution >= 0.6 is 0 Å². The molecule has 0 aliphatic carbocycles. The molecule has 2 atom stereocenters. The Morgan fingerprint density at radius 1 is 1.47 bits per heavy atom. The smallest absolute Gasteiger partial charge is 0.131 e. The number of hydrogen-bond donors (Lipinski definition) is 1. The van der Waals surface area contributed by atoms with E-state index in [2.05, 4.69) is 6.07 Å². The summed E-state index contributed by atoms with van der Waals surface area (Å²) in [6, 6.07) is 6.74. The highest BCUT2D eigenvalue weighted by atomic mass is 19.1. The third-order valence-electron chi connectivity index (χ3n) is 2.88. The molecule has 0 fully saturated rings. The van der Waals surface area contributed by atoms with E-state index >= 15 is 0 Å². The molecule has 1 rings (SSSR count). The first-order valence-corrected chi connectivity index (χ1v) is 5.55. The SMILES string of the molecule is CC(O)c1c(F)cccc1N(C)C(C)CC#N. The summed E-state index contributed by atoms with van der Waals surface area (Å²) >= 11 is 0. The van der Waals surface area contributed by atoms with Gasteiger partial charge in [-0.15, -0.1) is 0 Å². The summed E-state index contributed by atoms with van der Waals surface area (Å²) in [5.41, 5.74) is 0.905. The van der Waals surface area contributed by atoms with Gasteiger partial charge in [-0.3, -0.25) is 0 Å². The molecule has 1 aromatic carbocycles. The van der Waals surface area contributed by atoms with Crippen LogP contribution in [0.3, 0.4) is 0 Å². The number of halogens is 1. The average molecular weight is 236 g/mol. The van der Waals surface area contributed by atoms with E-state index in [1.54, 1.807) is 19.2 Å². The fraction of sp³-hybridized carbons (Fsp3) is 0.462. The molecule has 1 aromatic rings. The van der Waals surface area contributed by atoms with Crippen molar-refractivity contribution in [2.45, 2.75) is 32.4 Å². The summed E-state index contributed by atoms with van der Waals surface area (Å²) in [5.74, 6) is -0.423. The van der Waals surface area contributed by atoms with E-state index in [1.165, 1.54) is 13.0 Å². The van der Waals surface area contributed by atoms with E-state index in [0.717, 1.165) is 0 Å². The van der Waals surface area contributed by atoms with Gasteiger partial charge in [0.1, 0.15) is 5.82 Å². The monoisotopic (exact) mass is 236 g/mol. The normalized spacial score (nSPS) is 13.9. The van der Waals surface area contributed by atoms with E-state index in [0.29, 0.717) is 12.1 Å². The summed E-state index contributed by atoms with van der Waals surface area (Å²) in [4.78, 5) is 1.81. The molecule has 0 aromatic heterocycles. The van der Waals surface area contributed by atoms with Crippen LogP contribution in [0.25, 0.3) is 0 Å². The lowest BCUT2D eigenvalue weighted by molar-refractivity contribution is 0.194. The quantitative estimate of drug-likeness (QED) is 0.874. The lowest BCUT2D eigenvalue weighted by Gasteiger charge is -2.28. The van der Waals surface area contributed by atoms with Gasteiger partial charge in [-0.25, -0.2) is 4.39 Å². The zero-order chi connectivity index (χ0) is 13.0. The number of benzene rings is 1. The van der Waals surface area contributed by atoms with Crippen molar-refractivity contribution < 1.29 is 9.50 Å². The molecule has 0 bridgehead atoms. The number of anilines is 1. The van der Waals surface area contributed by atoms with E-state index < -0.39 is 11.9 Å². The van der Waals surface area contributed by atoms with Crippen LogP contribution in [0.4, 0.5) is 10.1 Å². The van der Waals surface area contributed by atoms with Crippen LogP contribution in [0.2, 0.25) is 0 Å². The molecule has 3 nitrogen and oxygen atoms in total. The van der Waals surface area contributed by atoms with Gasteiger partial charge in [-0.2, -0.15) is 5.26 Å².